The third kappa shape index (κ3) is 10.3. The molecule has 6 rings (SSSR count). The molecule has 524 valence electrons. The van der Waals surface area contributed by atoms with Crippen molar-refractivity contribution in [3.63, 3.8) is 0 Å². The van der Waals surface area contributed by atoms with Crippen molar-refractivity contribution >= 4 is 20.2 Å². The number of ether oxygens (including phenoxy) is 6. The maximum absolute atomic E-state index is 16.7. The van der Waals surface area contributed by atoms with Gasteiger partial charge in [0.1, 0.15) is 23.0 Å². The Bertz CT molecular complexity index is 3730. The van der Waals surface area contributed by atoms with E-state index in [2.05, 4.69) is 18.9 Å². The second kappa shape index (κ2) is 21.2. The summed E-state index contributed by atoms with van der Waals surface area (Å²) in [6, 6.07) is -7.00. The molecule has 4 unspecified atom stereocenters. The molecule has 0 bridgehead atoms. The first kappa shape index (κ1) is 75.5. The van der Waals surface area contributed by atoms with Crippen LogP contribution in [0.5, 0.6) is 23.0 Å². The lowest BCUT2D eigenvalue weighted by Gasteiger charge is -2.56. The molecule has 93 heavy (non-hydrogen) atoms. The van der Waals surface area contributed by atoms with Crippen LogP contribution in [0.1, 0.15) is 29.2 Å². The minimum Gasteiger partial charge on any atom is -0.497 e. The highest BCUT2D eigenvalue weighted by Crippen LogP contribution is 2.71. The molecule has 48 heteroatoms. The van der Waals surface area contributed by atoms with E-state index in [9.17, 15) is 100 Å². The Kier molecular flexibility index (Phi) is 17.2. The van der Waals surface area contributed by atoms with E-state index in [0.29, 0.717) is 12.1 Å². The Morgan fingerprint density at radius 2 is 0.667 bits per heavy atom. The molecule has 4 aromatic rings. The maximum atomic E-state index is 16.7. The third-order valence-electron chi connectivity index (χ3n) is 13.6. The number of methoxy groups -OCH3 is 1. The molecule has 2 N–H and O–H groups in total. The number of hydrogen-bond donors (Lipinski definition) is 2. The molecule has 0 aromatic heterocycles. The van der Waals surface area contributed by atoms with Gasteiger partial charge in [-0.05, 0) is 77.7 Å². The summed E-state index contributed by atoms with van der Waals surface area (Å²) >= 11 is 0. The normalized spacial score (nSPS) is 24.2. The molecule has 4 atom stereocenters. The molecule has 2 fully saturated rings. The molecule has 2 saturated carbocycles. The van der Waals surface area contributed by atoms with Gasteiger partial charge in [-0.1, -0.05) is 36.4 Å². The number of hydrogen-bond acceptors (Lipinski definition) is 10. The van der Waals surface area contributed by atoms with E-state index in [0.717, 1.165) is 7.11 Å². The number of benzene rings is 4. The predicted molar refractivity (Wildman–Crippen MR) is 230 cm³/mol. The van der Waals surface area contributed by atoms with Gasteiger partial charge >= 0.3 is 121 Å². The van der Waals surface area contributed by atoms with Gasteiger partial charge < -0.3 is 18.9 Å². The summed E-state index contributed by atoms with van der Waals surface area (Å²) in [5.41, 5.74) is -27.1. The average molecular weight is 1460 g/mol. The van der Waals surface area contributed by atoms with Crippen LogP contribution in [-0.4, -0.2) is 127 Å². The van der Waals surface area contributed by atoms with Crippen LogP contribution in [0.2, 0.25) is 0 Å². The number of rotatable bonds is 22. The Hall–Kier alpha value is -6.56. The van der Waals surface area contributed by atoms with Crippen molar-refractivity contribution in [2.24, 2.45) is 0 Å². The van der Waals surface area contributed by atoms with E-state index in [1.807, 2.05) is 9.47 Å². The lowest BCUT2D eigenvalue weighted by Crippen LogP contribution is -2.89. The third-order valence-corrected chi connectivity index (χ3v) is 15.3. The lowest BCUT2D eigenvalue weighted by atomic mass is 9.69. The maximum Gasteiger partial charge on any atom is 0.460 e. The van der Waals surface area contributed by atoms with Crippen molar-refractivity contribution in [1.29, 1.82) is 0 Å². The molecule has 0 aliphatic heterocycles. The SMILES string of the molecule is COc1ccc(C(c2ccc(OC3(F)C(F)(F)C(F)(F)C3(F)Oc3ccc(-c4ccc(OC5(F)C(C)(F)C(F)(F)C5(F)F)c(C(F)(F)C(F)(F)OC(F)(F)C(F)(F)S(=O)(=O)O)c4)cc3C(F)(F)C(F)(F)OC(F)(F)C(F)(F)S(=O)(=O)O)cc2)(C(F)(F)F)C(F)(F)F)cc1. The fourth-order valence-corrected chi connectivity index (χ4v) is 9.11. The molecule has 0 amide bonds. The summed E-state index contributed by atoms with van der Waals surface area (Å²) in [5.74, 6) is -72.0. The summed E-state index contributed by atoms with van der Waals surface area (Å²) in [5, 5.41) is -15.2. The summed E-state index contributed by atoms with van der Waals surface area (Å²) in [6.07, 6.45) is -44.7. The van der Waals surface area contributed by atoms with Gasteiger partial charge in [0.15, 0.2) is 0 Å². The minimum atomic E-state index is -8.00. The largest absolute Gasteiger partial charge is 0.497 e. The molecule has 2 aliphatic rings. The van der Waals surface area contributed by atoms with Crippen LogP contribution >= 0.6 is 0 Å². The van der Waals surface area contributed by atoms with E-state index in [4.69, 9.17) is 9.11 Å². The summed E-state index contributed by atoms with van der Waals surface area (Å²) in [4.78, 5) is 0. The van der Waals surface area contributed by atoms with Crippen LogP contribution < -0.4 is 18.9 Å². The quantitative estimate of drug-likeness (QED) is 0.0566. The van der Waals surface area contributed by atoms with Crippen molar-refractivity contribution in [3.05, 3.63) is 107 Å². The average Bonchev–Trinajstić information content (AvgIpc) is 0.662. The van der Waals surface area contributed by atoms with Crippen molar-refractivity contribution in [2.45, 2.75) is 118 Å². The predicted octanol–water partition coefficient (Wildman–Crippen LogP) is 15.5. The minimum absolute atomic E-state index is 0.124. The van der Waals surface area contributed by atoms with Crippen LogP contribution in [0.25, 0.3) is 11.1 Å². The molecule has 2 aliphatic carbocycles. The number of halogens is 34. The topological polar surface area (TPSA) is 164 Å². The van der Waals surface area contributed by atoms with Gasteiger partial charge in [0, 0.05) is 0 Å². The first-order chi connectivity index (χ1) is 41.0. The Balaban J connectivity index is 1.61. The fourth-order valence-electron chi connectivity index (χ4n) is 8.43. The van der Waals surface area contributed by atoms with Gasteiger partial charge in [-0.2, -0.15) is 162 Å². The van der Waals surface area contributed by atoms with Gasteiger partial charge in [-0.25, -0.2) is 13.9 Å². The van der Waals surface area contributed by atoms with Gasteiger partial charge in [-0.3, -0.25) is 9.11 Å². The second-order valence-electron chi connectivity index (χ2n) is 19.2. The molecule has 12 nitrogen and oxygen atoms in total. The Morgan fingerprint density at radius 3 is 0.957 bits per heavy atom. The highest BCUT2D eigenvalue weighted by Gasteiger charge is 3.04. The van der Waals surface area contributed by atoms with Gasteiger partial charge in [0.25, 0.3) is 5.67 Å². The van der Waals surface area contributed by atoms with E-state index in [-0.39, 0.29) is 12.1 Å². The van der Waals surface area contributed by atoms with Crippen molar-refractivity contribution < 1.29 is 204 Å². The molecule has 0 heterocycles. The molecule has 4 aromatic carbocycles. The van der Waals surface area contributed by atoms with Gasteiger partial charge in [0.05, 0.1) is 18.2 Å². The van der Waals surface area contributed by atoms with Crippen molar-refractivity contribution in [2.75, 3.05) is 7.11 Å². The summed E-state index contributed by atoms with van der Waals surface area (Å²) < 4.78 is 589. The summed E-state index contributed by atoms with van der Waals surface area (Å²) in [7, 11) is -15.0. The number of alkyl halides is 34. The smallest absolute Gasteiger partial charge is 0.460 e. The standard InChI is InChI=1S/C45H22F34O12S2/c1-27(46)31(51,52)32(53,54)35(27,59)88-25-13-3-17(15-23(25)29(47,48)40(68,69)90-42(72,73)44(76,77)92(80,81)82)18-4-14-26(24(16-18)30(49,50)41(70,71)91-43(74,75)45(78,79)93(83,84)85)89-37(61)34(57,58)33(55,56)36(37,60)87-22-11-7-20(8-12-22)28(38(62,63)64,39(65,66)67)19-5-9-21(86-2)10-6-19/h3-16H,1-2H3,(H,80,81,82)(H,83,84,85). The highest BCUT2D eigenvalue weighted by atomic mass is 32.2. The lowest BCUT2D eigenvalue weighted by molar-refractivity contribution is -0.527. The van der Waals surface area contributed by atoms with Crippen LogP contribution in [-0.2, 0) is 47.0 Å². The first-order valence-corrected chi connectivity index (χ1v) is 25.8. The first-order valence-electron chi connectivity index (χ1n) is 22.9. The molecular weight excluding hydrogens is 1440 g/mol. The fraction of sp³-hybridized carbons (Fsp3) is 0.467. The zero-order chi connectivity index (χ0) is 72.4. The zero-order valence-corrected chi connectivity index (χ0v) is 44.9. The Labute approximate surface area is 490 Å². The van der Waals surface area contributed by atoms with E-state index < -0.39 is 256 Å². The monoisotopic (exact) mass is 1460 g/mol. The summed E-state index contributed by atoms with van der Waals surface area (Å²) in [6.45, 7) is -0.953. The van der Waals surface area contributed by atoms with Crippen LogP contribution in [0, 0.1) is 0 Å². The van der Waals surface area contributed by atoms with Crippen LogP contribution in [0.4, 0.5) is 149 Å². The van der Waals surface area contributed by atoms with Crippen molar-refractivity contribution in [3.8, 4) is 34.1 Å². The van der Waals surface area contributed by atoms with Gasteiger partial charge in [0.2, 0.25) is 5.41 Å². The molecular formula is C45H22F34O12S2. The highest BCUT2D eigenvalue weighted by molar-refractivity contribution is 7.87. The van der Waals surface area contributed by atoms with E-state index >= 15 is 65.9 Å². The molecule has 0 radical (unpaired) electrons. The van der Waals surface area contributed by atoms with E-state index in [1.165, 1.54) is 0 Å². The second-order valence-corrected chi connectivity index (χ2v) is 22.1. The van der Waals surface area contributed by atoms with Crippen LogP contribution in [0.15, 0.2) is 84.9 Å². The zero-order valence-electron chi connectivity index (χ0n) is 43.2. The van der Waals surface area contributed by atoms with Crippen LogP contribution in [0.3, 0.4) is 0 Å². The Morgan fingerprint density at radius 1 is 0.376 bits per heavy atom. The van der Waals surface area contributed by atoms with Crippen molar-refractivity contribution in [1.82, 2.24) is 0 Å². The van der Waals surface area contributed by atoms with Gasteiger partial charge in [-0.15, -0.1) is 0 Å². The van der Waals surface area contributed by atoms with E-state index in [1.54, 1.807) is 0 Å². The molecule has 0 saturated heterocycles. The molecule has 0 spiro atoms.